The Labute approximate surface area is 158 Å². The molecule has 4 atom stereocenters. The maximum absolute atomic E-state index is 12.1. The van der Waals surface area contributed by atoms with Crippen molar-refractivity contribution < 1.29 is 32.2 Å². The molecule has 1 aromatic carbocycles. The number of methoxy groups -OCH3 is 1. The minimum atomic E-state index is -3.38. The molecule has 2 fully saturated rings. The summed E-state index contributed by atoms with van der Waals surface area (Å²) in [5.74, 6) is 0.724. The van der Waals surface area contributed by atoms with Crippen LogP contribution in [0.4, 0.5) is 10.5 Å². The van der Waals surface area contributed by atoms with E-state index in [2.05, 4.69) is 10.0 Å². The number of anilines is 1. The predicted molar refractivity (Wildman–Crippen MR) is 97.4 cm³/mol. The van der Waals surface area contributed by atoms with Gasteiger partial charge >= 0.3 is 6.09 Å². The first-order valence-electron chi connectivity index (χ1n) is 8.76. The second-order valence-electron chi connectivity index (χ2n) is 6.44. The molecule has 10 heteroatoms. The maximum atomic E-state index is 12.1. The molecule has 9 nitrogen and oxygen atoms in total. The van der Waals surface area contributed by atoms with Crippen LogP contribution in [-0.2, 0) is 24.2 Å². The zero-order valence-corrected chi connectivity index (χ0v) is 16.0. The fraction of sp³-hybridized carbons (Fsp3) is 0.588. The van der Waals surface area contributed by atoms with Crippen molar-refractivity contribution in [3.05, 3.63) is 24.3 Å². The zero-order chi connectivity index (χ0) is 19.4. The minimum absolute atomic E-state index is 0.0467. The molecule has 4 unspecified atom stereocenters. The lowest BCUT2D eigenvalue weighted by Crippen LogP contribution is -2.45. The number of fused-ring (bicyclic) bond motifs is 1. The lowest BCUT2D eigenvalue weighted by Gasteiger charge is -2.18. The standard InChI is InChI=1S/C17H24N2O7S/c1-3-8-27(21,22)19-13-9-24-16-14(10-25-15(13)16)26-17(20)18-11-4-6-12(23-2)7-5-11/h4-7,13-16,19H,3,8-10H2,1-2H3,(H,18,20). The van der Waals surface area contributed by atoms with Crippen LogP contribution in [0.5, 0.6) is 5.75 Å². The summed E-state index contributed by atoms with van der Waals surface area (Å²) >= 11 is 0. The molecular weight excluding hydrogens is 376 g/mol. The van der Waals surface area contributed by atoms with Crippen molar-refractivity contribution in [2.24, 2.45) is 0 Å². The molecule has 1 amide bonds. The molecule has 0 saturated carbocycles. The van der Waals surface area contributed by atoms with Gasteiger partial charge in [0, 0.05) is 5.69 Å². The van der Waals surface area contributed by atoms with Crippen LogP contribution in [-0.4, -0.2) is 64.9 Å². The fourth-order valence-corrected chi connectivity index (χ4v) is 4.50. The third-order valence-corrected chi connectivity index (χ3v) is 6.01. The van der Waals surface area contributed by atoms with Gasteiger partial charge in [-0.15, -0.1) is 0 Å². The number of nitrogens with one attached hydrogen (secondary N) is 2. The van der Waals surface area contributed by atoms with Crippen LogP contribution in [0.3, 0.4) is 0 Å². The first kappa shape index (κ1) is 19.9. The number of carbonyl (C=O) groups is 1. The van der Waals surface area contributed by atoms with E-state index >= 15 is 0 Å². The molecule has 2 aliphatic rings. The van der Waals surface area contributed by atoms with Gasteiger partial charge < -0.3 is 18.9 Å². The highest BCUT2D eigenvalue weighted by atomic mass is 32.2. The van der Waals surface area contributed by atoms with E-state index in [4.69, 9.17) is 18.9 Å². The first-order valence-corrected chi connectivity index (χ1v) is 10.4. The highest BCUT2D eigenvalue weighted by molar-refractivity contribution is 7.89. The van der Waals surface area contributed by atoms with E-state index in [1.165, 1.54) is 0 Å². The van der Waals surface area contributed by atoms with Gasteiger partial charge in [-0.3, -0.25) is 5.32 Å². The van der Waals surface area contributed by atoms with Crippen LogP contribution < -0.4 is 14.8 Å². The summed E-state index contributed by atoms with van der Waals surface area (Å²) in [5, 5.41) is 2.63. The van der Waals surface area contributed by atoms with E-state index in [0.717, 1.165) is 0 Å². The van der Waals surface area contributed by atoms with Gasteiger partial charge in [0.1, 0.15) is 18.0 Å². The molecule has 150 valence electrons. The van der Waals surface area contributed by atoms with E-state index in [1.54, 1.807) is 38.3 Å². The molecule has 0 bridgehead atoms. The summed E-state index contributed by atoms with van der Waals surface area (Å²) < 4.78 is 48.3. The number of rotatable bonds is 7. The number of carbonyl (C=O) groups excluding carboxylic acids is 1. The van der Waals surface area contributed by atoms with Gasteiger partial charge in [-0.2, -0.15) is 0 Å². The molecule has 2 saturated heterocycles. The van der Waals surface area contributed by atoms with Gasteiger partial charge in [0.05, 0.1) is 32.1 Å². The second kappa shape index (κ2) is 8.42. The monoisotopic (exact) mass is 400 g/mol. The first-order chi connectivity index (χ1) is 12.9. The third kappa shape index (κ3) is 4.89. The van der Waals surface area contributed by atoms with Gasteiger partial charge in [0.15, 0.2) is 6.10 Å². The number of ether oxygens (including phenoxy) is 4. The Morgan fingerprint density at radius 3 is 2.56 bits per heavy atom. The van der Waals surface area contributed by atoms with E-state index in [1.807, 2.05) is 0 Å². The Bertz CT molecular complexity index is 753. The molecular formula is C17H24N2O7S. The number of amides is 1. The minimum Gasteiger partial charge on any atom is -0.497 e. The molecule has 0 aromatic heterocycles. The molecule has 2 heterocycles. The van der Waals surface area contributed by atoms with Crippen LogP contribution >= 0.6 is 0 Å². The Balaban J connectivity index is 1.53. The third-order valence-electron chi connectivity index (χ3n) is 4.41. The molecule has 0 spiro atoms. The molecule has 27 heavy (non-hydrogen) atoms. The van der Waals surface area contributed by atoms with Crippen molar-refractivity contribution in [3.63, 3.8) is 0 Å². The summed E-state index contributed by atoms with van der Waals surface area (Å²) in [6, 6.07) is 6.34. The smallest absolute Gasteiger partial charge is 0.412 e. The second-order valence-corrected chi connectivity index (χ2v) is 8.31. The summed E-state index contributed by atoms with van der Waals surface area (Å²) in [7, 11) is -1.82. The molecule has 2 N–H and O–H groups in total. The van der Waals surface area contributed by atoms with Crippen molar-refractivity contribution in [2.75, 3.05) is 31.4 Å². The van der Waals surface area contributed by atoms with E-state index in [0.29, 0.717) is 17.9 Å². The highest BCUT2D eigenvalue weighted by Gasteiger charge is 2.50. The van der Waals surface area contributed by atoms with Gasteiger partial charge in [0.2, 0.25) is 10.0 Å². The van der Waals surface area contributed by atoms with Crippen LogP contribution in [0, 0.1) is 0 Å². The molecule has 3 rings (SSSR count). The number of hydrogen-bond donors (Lipinski definition) is 2. The van der Waals surface area contributed by atoms with Crippen molar-refractivity contribution in [3.8, 4) is 5.75 Å². The van der Waals surface area contributed by atoms with E-state index in [9.17, 15) is 13.2 Å². The van der Waals surface area contributed by atoms with Gasteiger partial charge in [-0.1, -0.05) is 6.92 Å². The summed E-state index contributed by atoms with van der Waals surface area (Å²) in [4.78, 5) is 12.1. The number of benzene rings is 1. The Kier molecular flexibility index (Phi) is 6.20. The SMILES string of the molecule is CCCS(=O)(=O)NC1COC2C(OC(=O)Nc3ccc(OC)cc3)COC12. The largest absolute Gasteiger partial charge is 0.497 e. The zero-order valence-electron chi connectivity index (χ0n) is 15.2. The molecule has 0 aliphatic carbocycles. The lowest BCUT2D eigenvalue weighted by molar-refractivity contribution is 0.00883. The molecule has 2 aliphatic heterocycles. The van der Waals surface area contributed by atoms with Crippen LogP contribution in [0.1, 0.15) is 13.3 Å². The van der Waals surface area contributed by atoms with Crippen LogP contribution in [0.25, 0.3) is 0 Å². The van der Waals surface area contributed by atoms with Crippen molar-refractivity contribution in [2.45, 2.75) is 37.7 Å². The number of hydrogen-bond acceptors (Lipinski definition) is 7. The van der Waals surface area contributed by atoms with Crippen LogP contribution in [0.2, 0.25) is 0 Å². The average Bonchev–Trinajstić information content (AvgIpc) is 3.19. The highest BCUT2D eigenvalue weighted by Crippen LogP contribution is 2.29. The summed E-state index contributed by atoms with van der Waals surface area (Å²) in [6.45, 7) is 2.13. The summed E-state index contributed by atoms with van der Waals surface area (Å²) in [6.07, 6.45) is -1.69. The normalized spacial score (nSPS) is 27.2. The van der Waals surface area contributed by atoms with Crippen molar-refractivity contribution in [1.29, 1.82) is 0 Å². The van der Waals surface area contributed by atoms with Crippen LogP contribution in [0.15, 0.2) is 24.3 Å². The van der Waals surface area contributed by atoms with E-state index < -0.39 is 40.5 Å². The Morgan fingerprint density at radius 2 is 1.89 bits per heavy atom. The lowest BCUT2D eigenvalue weighted by atomic mass is 10.1. The van der Waals surface area contributed by atoms with Gasteiger partial charge in [-0.25, -0.2) is 17.9 Å². The average molecular weight is 400 g/mol. The number of sulfonamides is 1. The predicted octanol–water partition coefficient (Wildman–Crippen LogP) is 1.11. The molecule has 0 radical (unpaired) electrons. The Morgan fingerprint density at radius 1 is 1.19 bits per heavy atom. The summed E-state index contributed by atoms with van der Waals surface area (Å²) in [5.41, 5.74) is 0.564. The quantitative estimate of drug-likeness (QED) is 0.705. The van der Waals surface area contributed by atoms with Gasteiger partial charge in [-0.05, 0) is 30.7 Å². The Hall–Kier alpha value is -1.88. The molecule has 1 aromatic rings. The van der Waals surface area contributed by atoms with Crippen molar-refractivity contribution in [1.82, 2.24) is 4.72 Å². The topological polar surface area (TPSA) is 112 Å². The maximum Gasteiger partial charge on any atom is 0.412 e. The van der Waals surface area contributed by atoms with Gasteiger partial charge in [0.25, 0.3) is 0 Å². The van der Waals surface area contributed by atoms with E-state index in [-0.39, 0.29) is 19.0 Å². The fourth-order valence-electron chi connectivity index (χ4n) is 3.18. The van der Waals surface area contributed by atoms with Crippen molar-refractivity contribution >= 4 is 21.8 Å².